The van der Waals surface area contributed by atoms with Crippen molar-refractivity contribution in [2.45, 2.75) is 23.5 Å². The molecule has 1 heterocycles. The Balaban J connectivity index is 1.50. The summed E-state index contributed by atoms with van der Waals surface area (Å²) in [5, 5.41) is 3.66. The minimum Gasteiger partial charge on any atom is -0.355 e. The van der Waals surface area contributed by atoms with Gasteiger partial charge in [0, 0.05) is 30.3 Å². The van der Waals surface area contributed by atoms with Crippen LogP contribution in [0.15, 0.2) is 53.4 Å². The van der Waals surface area contributed by atoms with Gasteiger partial charge in [0.1, 0.15) is 0 Å². The Kier molecular flexibility index (Phi) is 8.48. The van der Waals surface area contributed by atoms with Gasteiger partial charge in [-0.1, -0.05) is 47.5 Å². The molecule has 0 saturated carbocycles. The molecule has 1 aliphatic rings. The molecule has 0 radical (unpaired) electrons. The topological polar surface area (TPSA) is 66.5 Å². The zero-order valence-corrected chi connectivity index (χ0v) is 19.5. The van der Waals surface area contributed by atoms with Crippen LogP contribution in [0.5, 0.6) is 0 Å². The van der Waals surface area contributed by atoms with Gasteiger partial charge in [0.05, 0.1) is 21.7 Å². The van der Waals surface area contributed by atoms with E-state index in [1.54, 1.807) is 30.0 Å². The number of thioether (sulfide) groups is 1. The van der Waals surface area contributed by atoms with Crippen molar-refractivity contribution in [3.05, 3.63) is 64.1 Å². The lowest BCUT2D eigenvalue weighted by Crippen LogP contribution is -2.46. The first-order chi connectivity index (χ1) is 14.3. The second-order valence-corrected chi connectivity index (χ2v) is 11.1. The van der Waals surface area contributed by atoms with Crippen molar-refractivity contribution in [1.82, 2.24) is 9.62 Å². The number of carbonyl (C=O) groups excluding carboxylic acids is 1. The first kappa shape index (κ1) is 23.4. The highest BCUT2D eigenvalue weighted by atomic mass is 35.5. The van der Waals surface area contributed by atoms with Crippen LogP contribution in [0, 0.1) is 5.92 Å². The molecule has 1 saturated heterocycles. The highest BCUT2D eigenvalue weighted by Crippen LogP contribution is 2.26. The summed E-state index contributed by atoms with van der Waals surface area (Å²) in [6.45, 7) is 1.18. The van der Waals surface area contributed by atoms with E-state index in [2.05, 4.69) is 5.32 Å². The van der Waals surface area contributed by atoms with E-state index in [0.29, 0.717) is 41.5 Å². The predicted octanol–water partition coefficient (Wildman–Crippen LogP) is 4.44. The van der Waals surface area contributed by atoms with Crippen molar-refractivity contribution in [3.8, 4) is 0 Å². The van der Waals surface area contributed by atoms with E-state index in [1.807, 2.05) is 30.3 Å². The van der Waals surface area contributed by atoms with Gasteiger partial charge in [-0.25, -0.2) is 12.7 Å². The van der Waals surface area contributed by atoms with Crippen LogP contribution in [0.25, 0.3) is 0 Å². The van der Waals surface area contributed by atoms with Gasteiger partial charge in [-0.2, -0.15) is 0 Å². The Labute approximate surface area is 192 Å². The normalized spacial score (nSPS) is 17.6. The first-order valence-electron chi connectivity index (χ1n) is 9.72. The molecule has 0 aliphatic carbocycles. The van der Waals surface area contributed by atoms with Crippen LogP contribution in [0.4, 0.5) is 0 Å². The lowest BCUT2D eigenvalue weighted by atomic mass is 9.99. The Morgan fingerprint density at radius 2 is 1.90 bits per heavy atom. The average Bonchev–Trinajstić information content (AvgIpc) is 2.74. The van der Waals surface area contributed by atoms with Crippen LogP contribution in [-0.2, 0) is 20.6 Å². The van der Waals surface area contributed by atoms with E-state index in [4.69, 9.17) is 23.2 Å². The molecule has 3 rings (SSSR count). The maximum atomic E-state index is 12.9. The number of nitrogens with one attached hydrogen (secondary N) is 1. The molecule has 1 unspecified atom stereocenters. The molecule has 1 fully saturated rings. The molecule has 1 N–H and O–H groups in total. The fourth-order valence-corrected chi connectivity index (χ4v) is 6.05. The van der Waals surface area contributed by atoms with E-state index >= 15 is 0 Å². The fourth-order valence-electron chi connectivity index (χ4n) is 3.34. The smallest absolute Gasteiger partial charge is 0.224 e. The summed E-state index contributed by atoms with van der Waals surface area (Å²) in [7, 11) is -3.55. The molecule has 162 valence electrons. The van der Waals surface area contributed by atoms with E-state index in [0.717, 1.165) is 10.6 Å². The van der Waals surface area contributed by atoms with Gasteiger partial charge in [0.2, 0.25) is 15.9 Å². The molecule has 0 spiro atoms. The second kappa shape index (κ2) is 10.9. The summed E-state index contributed by atoms with van der Waals surface area (Å²) < 4.78 is 27.1. The lowest BCUT2D eigenvalue weighted by molar-refractivity contribution is -0.125. The van der Waals surface area contributed by atoms with Crippen molar-refractivity contribution in [1.29, 1.82) is 0 Å². The molecule has 0 bridgehead atoms. The van der Waals surface area contributed by atoms with E-state index in [-0.39, 0.29) is 24.1 Å². The molecule has 2 aromatic carbocycles. The highest BCUT2D eigenvalue weighted by Gasteiger charge is 2.32. The van der Waals surface area contributed by atoms with Crippen LogP contribution in [0.1, 0.15) is 18.4 Å². The van der Waals surface area contributed by atoms with Crippen molar-refractivity contribution in [3.63, 3.8) is 0 Å². The third-order valence-corrected chi connectivity index (χ3v) is 8.46. The number of amides is 1. The van der Waals surface area contributed by atoms with Crippen molar-refractivity contribution in [2.75, 3.05) is 25.4 Å². The van der Waals surface area contributed by atoms with Gasteiger partial charge in [-0.15, -0.1) is 11.8 Å². The quantitative estimate of drug-likeness (QED) is 0.442. The van der Waals surface area contributed by atoms with Gasteiger partial charge >= 0.3 is 0 Å². The number of hydrogen-bond acceptors (Lipinski definition) is 4. The Morgan fingerprint density at radius 1 is 1.13 bits per heavy atom. The molecular formula is C21H24Cl2N2O3S2. The third-order valence-electron chi connectivity index (χ3n) is 4.89. The molecule has 5 nitrogen and oxygen atoms in total. The Bertz CT molecular complexity index is 971. The van der Waals surface area contributed by atoms with Crippen molar-refractivity contribution in [2.24, 2.45) is 5.92 Å². The monoisotopic (exact) mass is 486 g/mol. The van der Waals surface area contributed by atoms with E-state index in [9.17, 15) is 13.2 Å². The number of benzene rings is 2. The summed E-state index contributed by atoms with van der Waals surface area (Å²) in [4.78, 5) is 13.7. The van der Waals surface area contributed by atoms with Crippen LogP contribution in [0.2, 0.25) is 10.0 Å². The molecule has 1 aliphatic heterocycles. The summed E-state index contributed by atoms with van der Waals surface area (Å²) in [6, 6.07) is 14.8. The first-order valence-corrected chi connectivity index (χ1v) is 13.1. The van der Waals surface area contributed by atoms with Crippen LogP contribution < -0.4 is 5.32 Å². The standard InChI is InChI=1S/C21H24Cl2N2O3S2/c22-19-9-8-16(13-20(19)23)15-30(27,28)25-11-4-5-17(14-25)21(26)24-10-12-29-18-6-2-1-3-7-18/h1-3,6-9,13,17H,4-5,10-12,14-15H2,(H,24,26). The van der Waals surface area contributed by atoms with E-state index in [1.165, 1.54) is 4.31 Å². The number of rotatable bonds is 8. The van der Waals surface area contributed by atoms with Gasteiger partial charge in [0.25, 0.3) is 0 Å². The number of sulfonamides is 1. The van der Waals surface area contributed by atoms with Crippen LogP contribution >= 0.6 is 35.0 Å². The fraction of sp³-hybridized carbons (Fsp3) is 0.381. The van der Waals surface area contributed by atoms with Gasteiger partial charge in [-0.05, 0) is 42.7 Å². The van der Waals surface area contributed by atoms with Gasteiger partial charge in [0.15, 0.2) is 0 Å². The average molecular weight is 487 g/mol. The zero-order valence-electron chi connectivity index (χ0n) is 16.4. The lowest BCUT2D eigenvalue weighted by Gasteiger charge is -2.31. The predicted molar refractivity (Wildman–Crippen MR) is 124 cm³/mol. The van der Waals surface area contributed by atoms with Gasteiger partial charge in [-0.3, -0.25) is 4.79 Å². The molecule has 0 aromatic heterocycles. The summed E-state index contributed by atoms with van der Waals surface area (Å²) >= 11 is 13.6. The molecular weight excluding hydrogens is 463 g/mol. The summed E-state index contributed by atoms with van der Waals surface area (Å²) in [6.07, 6.45) is 1.36. The van der Waals surface area contributed by atoms with Crippen LogP contribution in [-0.4, -0.2) is 44.0 Å². The third kappa shape index (κ3) is 6.62. The highest BCUT2D eigenvalue weighted by molar-refractivity contribution is 7.99. The summed E-state index contributed by atoms with van der Waals surface area (Å²) in [5.74, 6) is 0.190. The van der Waals surface area contributed by atoms with Gasteiger partial charge < -0.3 is 5.32 Å². The Morgan fingerprint density at radius 3 is 2.63 bits per heavy atom. The largest absolute Gasteiger partial charge is 0.355 e. The molecule has 30 heavy (non-hydrogen) atoms. The minimum atomic E-state index is -3.55. The maximum Gasteiger partial charge on any atom is 0.224 e. The number of carbonyl (C=O) groups is 1. The van der Waals surface area contributed by atoms with Crippen LogP contribution in [0.3, 0.4) is 0 Å². The Hall–Kier alpha value is -1.25. The second-order valence-electron chi connectivity index (χ2n) is 7.15. The number of piperidine rings is 1. The zero-order chi connectivity index (χ0) is 21.6. The number of halogens is 2. The molecule has 9 heteroatoms. The van der Waals surface area contributed by atoms with E-state index < -0.39 is 10.0 Å². The number of hydrogen-bond donors (Lipinski definition) is 1. The minimum absolute atomic E-state index is 0.0851. The molecule has 2 aromatic rings. The molecule has 1 atom stereocenters. The van der Waals surface area contributed by atoms with Crippen molar-refractivity contribution < 1.29 is 13.2 Å². The van der Waals surface area contributed by atoms with Crippen molar-refractivity contribution >= 4 is 50.9 Å². The number of nitrogens with zero attached hydrogens (tertiary/aromatic N) is 1. The SMILES string of the molecule is O=C(NCCSc1ccccc1)C1CCCN(S(=O)(=O)Cc2ccc(Cl)c(Cl)c2)C1. The maximum absolute atomic E-state index is 12.9. The summed E-state index contributed by atoms with van der Waals surface area (Å²) in [5.41, 5.74) is 0.578. The molecule has 1 amide bonds.